The molecule has 4 aliphatic heterocycles. The van der Waals surface area contributed by atoms with Gasteiger partial charge in [-0.05, 0) is 64.2 Å². The Bertz CT molecular complexity index is 1320. The van der Waals surface area contributed by atoms with Gasteiger partial charge in [-0.1, -0.05) is 11.6 Å². The van der Waals surface area contributed by atoms with E-state index < -0.39 is 5.82 Å². The molecule has 1 saturated carbocycles. The van der Waals surface area contributed by atoms with Crippen molar-refractivity contribution >= 4 is 29.0 Å². The fraction of sp³-hybridized carbons (Fsp3) is 0.533. The summed E-state index contributed by atoms with van der Waals surface area (Å²) in [4.78, 5) is 43.6. The Balaban J connectivity index is 1.19. The highest BCUT2D eigenvalue weighted by molar-refractivity contribution is 6.01. The Morgan fingerprint density at radius 2 is 2.00 bits per heavy atom. The van der Waals surface area contributed by atoms with Crippen LogP contribution in [-0.2, 0) is 4.79 Å². The van der Waals surface area contributed by atoms with Gasteiger partial charge < -0.3 is 19.6 Å². The molecule has 40 heavy (non-hydrogen) atoms. The fourth-order valence-electron chi connectivity index (χ4n) is 6.64. The van der Waals surface area contributed by atoms with Crippen molar-refractivity contribution in [3.05, 3.63) is 53.8 Å². The van der Waals surface area contributed by atoms with E-state index in [2.05, 4.69) is 26.3 Å². The molecular formula is C30H38FN7O2. The third-order valence-corrected chi connectivity index (χ3v) is 8.74. The first kappa shape index (κ1) is 26.7. The quantitative estimate of drug-likeness (QED) is 0.532. The molecule has 2 atom stereocenters. The molecule has 2 unspecified atom stereocenters. The van der Waals surface area contributed by atoms with Crippen molar-refractivity contribution in [3.8, 4) is 0 Å². The largest absolute Gasteiger partial charge is 0.353 e. The monoisotopic (exact) mass is 547 g/mol. The normalized spacial score (nSPS) is 23.6. The SMILES string of the molecule is CCN(C(=O)c1cc(F)ccc1N1CCN(CC2CCN(C(=O)C3C=C4CC(C4)N3)C2)c2ncncc21)C(C)C. The predicted molar refractivity (Wildman–Crippen MR) is 152 cm³/mol. The van der Waals surface area contributed by atoms with Gasteiger partial charge >= 0.3 is 0 Å². The second-order valence-corrected chi connectivity index (χ2v) is 11.7. The molecule has 1 N–H and O–H groups in total. The van der Waals surface area contributed by atoms with Crippen molar-refractivity contribution in [3.63, 3.8) is 0 Å². The number of amides is 2. The number of likely N-dealkylation sites (tertiary alicyclic amines) is 1. The van der Waals surface area contributed by atoms with Crippen LogP contribution in [0.1, 0.15) is 50.4 Å². The van der Waals surface area contributed by atoms with E-state index in [1.807, 2.05) is 30.6 Å². The molecule has 1 aliphatic carbocycles. The molecule has 1 saturated heterocycles. The van der Waals surface area contributed by atoms with Crippen LogP contribution in [0.4, 0.5) is 21.6 Å². The van der Waals surface area contributed by atoms with Crippen molar-refractivity contribution in [2.75, 3.05) is 49.1 Å². The zero-order valence-electron chi connectivity index (χ0n) is 23.5. The van der Waals surface area contributed by atoms with Gasteiger partial charge in [-0.25, -0.2) is 14.4 Å². The van der Waals surface area contributed by atoms with Crippen molar-refractivity contribution in [2.45, 2.75) is 58.2 Å². The predicted octanol–water partition coefficient (Wildman–Crippen LogP) is 3.35. The number of aromatic nitrogens is 2. The van der Waals surface area contributed by atoms with Crippen LogP contribution < -0.4 is 15.1 Å². The summed E-state index contributed by atoms with van der Waals surface area (Å²) in [5.41, 5.74) is 3.20. The molecular weight excluding hydrogens is 509 g/mol. The molecule has 1 aromatic carbocycles. The summed E-state index contributed by atoms with van der Waals surface area (Å²) in [6, 6.07) is 4.71. The average molecular weight is 548 g/mol. The van der Waals surface area contributed by atoms with Crippen LogP contribution in [0, 0.1) is 11.7 Å². The third kappa shape index (κ3) is 4.93. The lowest BCUT2D eigenvalue weighted by Crippen LogP contribution is -2.54. The molecule has 1 aromatic heterocycles. The van der Waals surface area contributed by atoms with Gasteiger partial charge in [0.25, 0.3) is 5.91 Å². The van der Waals surface area contributed by atoms with E-state index in [0.29, 0.717) is 42.8 Å². The van der Waals surface area contributed by atoms with Crippen LogP contribution in [0.2, 0.25) is 0 Å². The number of nitrogens with one attached hydrogen (secondary N) is 1. The summed E-state index contributed by atoms with van der Waals surface area (Å²) in [5, 5.41) is 3.47. The number of benzene rings is 1. The molecule has 5 heterocycles. The first-order valence-corrected chi connectivity index (χ1v) is 14.5. The number of fused-ring (bicyclic) bond motifs is 3. The Hall–Kier alpha value is -3.53. The van der Waals surface area contributed by atoms with Crippen LogP contribution in [0.25, 0.3) is 0 Å². The van der Waals surface area contributed by atoms with E-state index >= 15 is 0 Å². The number of nitrogens with zero attached hydrogens (tertiary/aromatic N) is 6. The molecule has 10 heteroatoms. The first-order valence-electron chi connectivity index (χ1n) is 14.5. The molecule has 5 aliphatic rings. The highest BCUT2D eigenvalue weighted by atomic mass is 19.1. The van der Waals surface area contributed by atoms with Crippen molar-refractivity contribution < 1.29 is 14.0 Å². The smallest absolute Gasteiger partial charge is 0.256 e. The second-order valence-electron chi connectivity index (χ2n) is 11.7. The summed E-state index contributed by atoms with van der Waals surface area (Å²) < 4.78 is 14.4. The van der Waals surface area contributed by atoms with Crippen molar-refractivity contribution in [2.24, 2.45) is 5.92 Å². The molecule has 0 radical (unpaired) electrons. The van der Waals surface area contributed by atoms with Crippen LogP contribution in [-0.4, -0.2) is 89.0 Å². The topological polar surface area (TPSA) is 84.9 Å². The standard InChI is InChI=1S/C30H38FN7O2/c1-4-37(19(2)3)29(39)24-14-22(31)5-6-26(24)38-10-9-35(28-27(38)15-32-18-33-28)16-20-7-8-36(17-20)30(40)25-13-21-11-23(12-21)34-25/h5-6,13-15,18-20,23,25,34H,4,7-12,16-17H2,1-3H3. The molecule has 9 nitrogen and oxygen atoms in total. The van der Waals surface area contributed by atoms with E-state index in [1.54, 1.807) is 23.5 Å². The van der Waals surface area contributed by atoms with Crippen molar-refractivity contribution in [1.29, 1.82) is 0 Å². The average Bonchev–Trinajstić information content (AvgIpc) is 3.41. The van der Waals surface area contributed by atoms with Gasteiger partial charge in [-0.3, -0.25) is 14.9 Å². The number of halogens is 1. The Labute approximate surface area is 235 Å². The van der Waals surface area contributed by atoms with Gasteiger partial charge in [-0.2, -0.15) is 0 Å². The minimum absolute atomic E-state index is 0.00447. The molecule has 2 fully saturated rings. The zero-order valence-corrected chi connectivity index (χ0v) is 23.5. The van der Waals surface area contributed by atoms with Crippen LogP contribution in [0.15, 0.2) is 42.4 Å². The van der Waals surface area contributed by atoms with Crippen LogP contribution in [0.5, 0.6) is 0 Å². The highest BCUT2D eigenvalue weighted by Gasteiger charge is 2.38. The van der Waals surface area contributed by atoms with Crippen molar-refractivity contribution in [1.82, 2.24) is 25.1 Å². The van der Waals surface area contributed by atoms with E-state index in [9.17, 15) is 14.0 Å². The number of hydrogen-bond acceptors (Lipinski definition) is 7. The highest BCUT2D eigenvalue weighted by Crippen LogP contribution is 2.39. The maximum atomic E-state index is 14.4. The van der Waals surface area contributed by atoms with Crippen LogP contribution in [0.3, 0.4) is 0 Å². The maximum Gasteiger partial charge on any atom is 0.256 e. The lowest BCUT2D eigenvalue weighted by molar-refractivity contribution is -0.131. The lowest BCUT2D eigenvalue weighted by Gasteiger charge is -2.40. The number of rotatable bonds is 7. The van der Waals surface area contributed by atoms with E-state index in [-0.39, 0.29) is 23.9 Å². The molecule has 0 spiro atoms. The van der Waals surface area contributed by atoms with Gasteiger partial charge in [0, 0.05) is 51.4 Å². The van der Waals surface area contributed by atoms with Gasteiger partial charge in [0.2, 0.25) is 5.91 Å². The van der Waals surface area contributed by atoms with E-state index in [1.165, 1.54) is 17.7 Å². The van der Waals surface area contributed by atoms with E-state index in [0.717, 1.165) is 50.4 Å². The van der Waals surface area contributed by atoms with Gasteiger partial charge in [0.05, 0.1) is 17.4 Å². The summed E-state index contributed by atoms with van der Waals surface area (Å²) in [7, 11) is 0. The summed E-state index contributed by atoms with van der Waals surface area (Å²) in [6.07, 6.45) is 8.56. The molecule has 2 amide bonds. The number of anilines is 3. The van der Waals surface area contributed by atoms with E-state index in [4.69, 9.17) is 0 Å². The fourth-order valence-corrected chi connectivity index (χ4v) is 6.64. The number of carbonyl (C=O) groups excluding carboxylic acids is 2. The zero-order chi connectivity index (χ0) is 28.0. The summed E-state index contributed by atoms with van der Waals surface area (Å²) >= 11 is 0. The second kappa shape index (κ2) is 10.8. The maximum absolute atomic E-state index is 14.4. The van der Waals surface area contributed by atoms with Gasteiger partial charge in [0.1, 0.15) is 23.9 Å². The van der Waals surface area contributed by atoms with Crippen LogP contribution >= 0.6 is 0 Å². The molecule has 212 valence electrons. The number of hydrogen-bond donors (Lipinski definition) is 1. The Kier molecular flexibility index (Phi) is 7.20. The lowest BCUT2D eigenvalue weighted by atomic mass is 9.81. The summed E-state index contributed by atoms with van der Waals surface area (Å²) in [5.74, 6) is 0.698. The molecule has 2 aromatic rings. The van der Waals surface area contributed by atoms with Gasteiger partial charge in [-0.15, -0.1) is 0 Å². The minimum Gasteiger partial charge on any atom is -0.353 e. The summed E-state index contributed by atoms with van der Waals surface area (Å²) in [6.45, 7) is 10.0. The van der Waals surface area contributed by atoms with Gasteiger partial charge in [0.15, 0.2) is 5.82 Å². The Morgan fingerprint density at radius 1 is 1.18 bits per heavy atom. The Morgan fingerprint density at radius 3 is 2.73 bits per heavy atom. The third-order valence-electron chi connectivity index (χ3n) is 8.74. The minimum atomic E-state index is -0.438. The molecule has 2 bridgehead atoms. The first-order chi connectivity index (χ1) is 19.3. The molecule has 7 rings (SSSR count). The number of carbonyl (C=O) groups is 2.